The number of Topliss-reactive ketones (excluding diaryl/α,β-unsaturated/α-hetero) is 1. The Morgan fingerprint density at radius 1 is 1.22 bits per heavy atom. The number of aromatic nitrogens is 1. The van der Waals surface area contributed by atoms with Crippen LogP contribution >= 0.6 is 0 Å². The van der Waals surface area contributed by atoms with Gasteiger partial charge in [0.25, 0.3) is 5.56 Å². The van der Waals surface area contributed by atoms with Crippen molar-refractivity contribution in [2.75, 3.05) is 7.11 Å². The first-order valence-electron chi connectivity index (χ1n) is 7.90. The minimum Gasteiger partial charge on any atom is -0.497 e. The molecule has 0 atom stereocenters. The van der Waals surface area contributed by atoms with Gasteiger partial charge >= 0.3 is 0 Å². The van der Waals surface area contributed by atoms with Crippen LogP contribution in [0.4, 0.5) is 0 Å². The Morgan fingerprint density at radius 2 is 1.87 bits per heavy atom. The van der Waals surface area contributed by atoms with E-state index >= 15 is 0 Å². The van der Waals surface area contributed by atoms with Crippen molar-refractivity contribution in [2.45, 2.75) is 40.0 Å². The molecular weight excluding hydrogens is 290 g/mol. The number of ketones is 1. The molecule has 0 saturated heterocycles. The summed E-state index contributed by atoms with van der Waals surface area (Å²) in [5, 5.41) is 0. The van der Waals surface area contributed by atoms with Gasteiger partial charge in [-0.3, -0.25) is 14.2 Å². The summed E-state index contributed by atoms with van der Waals surface area (Å²) in [6.07, 6.45) is 4.42. The second-order valence-corrected chi connectivity index (χ2v) is 5.68. The number of pyridine rings is 1. The van der Waals surface area contributed by atoms with Crippen molar-refractivity contribution in [1.29, 1.82) is 0 Å². The van der Waals surface area contributed by atoms with Crippen molar-refractivity contribution in [3.05, 3.63) is 57.5 Å². The summed E-state index contributed by atoms with van der Waals surface area (Å²) in [5.41, 5.74) is 2.82. The zero-order chi connectivity index (χ0) is 17.0. The van der Waals surface area contributed by atoms with Gasteiger partial charge in [-0.1, -0.05) is 13.3 Å². The second kappa shape index (κ2) is 7.27. The summed E-state index contributed by atoms with van der Waals surface area (Å²) in [7, 11) is 1.60. The third-order valence-electron chi connectivity index (χ3n) is 4.09. The molecule has 2 aromatic rings. The first kappa shape index (κ1) is 17.0. The standard InChI is InChI=1S/C19H23NO3/c1-5-6-7-17-13(2)19(22)20(12-18(17)14(3)21)15-8-10-16(23-4)11-9-15/h8-12H,5-7H2,1-4H3. The van der Waals surface area contributed by atoms with Crippen LogP contribution < -0.4 is 10.3 Å². The second-order valence-electron chi connectivity index (χ2n) is 5.68. The van der Waals surface area contributed by atoms with Crippen LogP contribution in [-0.2, 0) is 6.42 Å². The predicted octanol–water partition coefficient (Wildman–Crippen LogP) is 3.70. The van der Waals surface area contributed by atoms with Gasteiger partial charge in [-0.2, -0.15) is 0 Å². The number of hydrogen-bond acceptors (Lipinski definition) is 3. The number of hydrogen-bond donors (Lipinski definition) is 0. The Morgan fingerprint density at radius 3 is 2.39 bits per heavy atom. The van der Waals surface area contributed by atoms with Crippen LogP contribution in [-0.4, -0.2) is 17.5 Å². The average Bonchev–Trinajstić information content (AvgIpc) is 2.56. The lowest BCUT2D eigenvalue weighted by Gasteiger charge is -2.15. The number of nitrogens with zero attached hydrogens (tertiary/aromatic N) is 1. The Kier molecular flexibility index (Phi) is 5.37. The van der Waals surface area contributed by atoms with E-state index in [0.717, 1.165) is 36.3 Å². The van der Waals surface area contributed by atoms with Crippen LogP contribution in [0.1, 0.15) is 48.2 Å². The highest BCUT2D eigenvalue weighted by atomic mass is 16.5. The molecule has 4 heteroatoms. The van der Waals surface area contributed by atoms with E-state index in [1.807, 2.05) is 12.1 Å². The average molecular weight is 313 g/mol. The molecule has 1 aromatic heterocycles. The molecular formula is C19H23NO3. The fourth-order valence-electron chi connectivity index (χ4n) is 2.69. The third-order valence-corrected chi connectivity index (χ3v) is 4.09. The Labute approximate surface area is 136 Å². The Hall–Kier alpha value is -2.36. The summed E-state index contributed by atoms with van der Waals surface area (Å²) < 4.78 is 6.69. The molecule has 0 N–H and O–H groups in total. The molecule has 0 saturated carbocycles. The van der Waals surface area contributed by atoms with E-state index in [9.17, 15) is 9.59 Å². The van der Waals surface area contributed by atoms with Crippen LogP contribution in [0.25, 0.3) is 5.69 Å². The monoisotopic (exact) mass is 313 g/mol. The quantitative estimate of drug-likeness (QED) is 0.764. The summed E-state index contributed by atoms with van der Waals surface area (Å²) in [6, 6.07) is 7.23. The molecule has 1 aromatic carbocycles. The molecule has 0 aliphatic rings. The molecule has 23 heavy (non-hydrogen) atoms. The highest BCUT2D eigenvalue weighted by Crippen LogP contribution is 2.19. The maximum absolute atomic E-state index is 12.7. The lowest BCUT2D eigenvalue weighted by molar-refractivity contribution is 0.101. The van der Waals surface area contributed by atoms with Crippen LogP contribution in [0.2, 0.25) is 0 Å². The first-order chi connectivity index (χ1) is 11.0. The number of rotatable bonds is 6. The van der Waals surface area contributed by atoms with Crippen molar-refractivity contribution >= 4 is 5.78 Å². The minimum absolute atomic E-state index is 0.0125. The zero-order valence-corrected chi connectivity index (χ0v) is 14.2. The van der Waals surface area contributed by atoms with E-state index in [4.69, 9.17) is 4.74 Å². The first-order valence-corrected chi connectivity index (χ1v) is 7.90. The van der Waals surface area contributed by atoms with Crippen molar-refractivity contribution in [1.82, 2.24) is 4.57 Å². The molecule has 0 amide bonds. The third kappa shape index (κ3) is 3.52. The smallest absolute Gasteiger partial charge is 0.258 e. The van der Waals surface area contributed by atoms with Gasteiger partial charge in [0.1, 0.15) is 5.75 Å². The van der Waals surface area contributed by atoms with Gasteiger partial charge in [-0.25, -0.2) is 0 Å². The SMILES string of the molecule is CCCCc1c(C(C)=O)cn(-c2ccc(OC)cc2)c(=O)c1C. The van der Waals surface area contributed by atoms with Gasteiger partial charge in [0.2, 0.25) is 0 Å². The lowest BCUT2D eigenvalue weighted by Crippen LogP contribution is -2.24. The van der Waals surface area contributed by atoms with Gasteiger partial charge in [-0.15, -0.1) is 0 Å². The van der Waals surface area contributed by atoms with E-state index < -0.39 is 0 Å². The van der Waals surface area contributed by atoms with Crippen LogP contribution in [0.5, 0.6) is 5.75 Å². The summed E-state index contributed by atoms with van der Waals surface area (Å²) in [5.74, 6) is 0.714. The molecule has 0 spiro atoms. The number of benzene rings is 1. The number of carbonyl (C=O) groups excluding carboxylic acids is 1. The molecule has 0 fully saturated rings. The molecule has 1 heterocycles. The molecule has 0 aliphatic carbocycles. The lowest BCUT2D eigenvalue weighted by atomic mass is 9.97. The molecule has 4 nitrogen and oxygen atoms in total. The molecule has 122 valence electrons. The Bertz CT molecular complexity index is 757. The summed E-state index contributed by atoms with van der Waals surface area (Å²) in [6.45, 7) is 5.45. The van der Waals surface area contributed by atoms with Gasteiger partial charge in [0.05, 0.1) is 7.11 Å². The predicted molar refractivity (Wildman–Crippen MR) is 91.9 cm³/mol. The Balaban J connectivity index is 2.60. The van der Waals surface area contributed by atoms with E-state index in [0.29, 0.717) is 11.1 Å². The van der Waals surface area contributed by atoms with Crippen molar-refractivity contribution in [2.24, 2.45) is 0 Å². The molecule has 0 aliphatic heterocycles. The van der Waals surface area contributed by atoms with Crippen molar-refractivity contribution in [3.63, 3.8) is 0 Å². The van der Waals surface area contributed by atoms with Gasteiger partial charge in [0, 0.05) is 23.0 Å². The molecule has 0 bridgehead atoms. The number of methoxy groups -OCH3 is 1. The normalized spacial score (nSPS) is 10.6. The van der Waals surface area contributed by atoms with Crippen molar-refractivity contribution in [3.8, 4) is 11.4 Å². The van der Waals surface area contributed by atoms with Gasteiger partial charge in [-0.05, 0) is 56.5 Å². The topological polar surface area (TPSA) is 48.3 Å². The largest absolute Gasteiger partial charge is 0.497 e. The molecule has 2 rings (SSSR count). The number of carbonyl (C=O) groups is 1. The fraction of sp³-hybridized carbons (Fsp3) is 0.368. The number of ether oxygens (including phenoxy) is 1. The van der Waals surface area contributed by atoms with Crippen LogP contribution in [0.15, 0.2) is 35.3 Å². The summed E-state index contributed by atoms with van der Waals surface area (Å²) in [4.78, 5) is 24.7. The fourth-order valence-corrected chi connectivity index (χ4v) is 2.69. The molecule has 0 radical (unpaired) electrons. The maximum Gasteiger partial charge on any atom is 0.258 e. The highest BCUT2D eigenvalue weighted by molar-refractivity contribution is 5.95. The van der Waals surface area contributed by atoms with Crippen LogP contribution in [0, 0.1) is 6.92 Å². The maximum atomic E-state index is 12.7. The van der Waals surface area contributed by atoms with E-state index in [2.05, 4.69) is 6.92 Å². The highest BCUT2D eigenvalue weighted by Gasteiger charge is 2.16. The van der Waals surface area contributed by atoms with Gasteiger partial charge in [0.15, 0.2) is 5.78 Å². The van der Waals surface area contributed by atoms with Gasteiger partial charge < -0.3 is 4.74 Å². The van der Waals surface area contributed by atoms with Crippen molar-refractivity contribution < 1.29 is 9.53 Å². The van der Waals surface area contributed by atoms with Crippen LogP contribution in [0.3, 0.4) is 0 Å². The molecule has 0 unspecified atom stereocenters. The zero-order valence-electron chi connectivity index (χ0n) is 14.2. The van der Waals surface area contributed by atoms with E-state index in [1.54, 1.807) is 43.9 Å². The minimum atomic E-state index is -0.0775. The van der Waals surface area contributed by atoms with E-state index in [1.165, 1.54) is 0 Å². The van der Waals surface area contributed by atoms with E-state index in [-0.39, 0.29) is 11.3 Å². The number of unbranched alkanes of at least 4 members (excludes halogenated alkanes) is 1. The summed E-state index contributed by atoms with van der Waals surface area (Å²) >= 11 is 0.